The number of sulfone groups is 1. The van der Waals surface area contributed by atoms with Crippen LogP contribution in [-0.4, -0.2) is 39.5 Å². The Morgan fingerprint density at radius 1 is 1.33 bits per heavy atom. The first-order valence-corrected chi connectivity index (χ1v) is 7.37. The first kappa shape index (κ1) is 14.9. The Kier molecular flexibility index (Phi) is 5.58. The first-order valence-electron chi connectivity index (χ1n) is 5.18. The molecule has 5 nitrogen and oxygen atoms in total. The van der Waals surface area contributed by atoms with E-state index in [0.717, 1.165) is 0 Å². The smallest absolute Gasteiger partial charge is 0.239 e. The minimum Gasteiger partial charge on any atom is -0.384 e. The molecule has 0 aliphatic heterocycles. The third kappa shape index (κ3) is 5.48. The molecule has 0 aromatic heterocycles. The van der Waals surface area contributed by atoms with Gasteiger partial charge in [-0.15, -0.1) is 0 Å². The topological polar surface area (TPSA) is 72.5 Å². The Bertz CT molecular complexity index is 498. The van der Waals surface area contributed by atoms with Crippen molar-refractivity contribution in [2.45, 2.75) is 0 Å². The first-order chi connectivity index (χ1) is 8.43. The van der Waals surface area contributed by atoms with Crippen LogP contribution in [0.2, 0.25) is 5.02 Å². The lowest BCUT2D eigenvalue weighted by molar-refractivity contribution is -0.113. The number of carbonyl (C=O) groups is 1. The third-order valence-corrected chi connectivity index (χ3v) is 3.82. The second-order valence-electron chi connectivity index (χ2n) is 3.64. The van der Waals surface area contributed by atoms with Gasteiger partial charge >= 0.3 is 0 Å². The van der Waals surface area contributed by atoms with Crippen molar-refractivity contribution in [3.8, 4) is 0 Å². The van der Waals surface area contributed by atoms with Crippen molar-refractivity contribution in [3.63, 3.8) is 0 Å². The number of nitrogens with one attached hydrogen (secondary N) is 1. The fraction of sp³-hybridized carbons (Fsp3) is 0.364. The number of methoxy groups -OCH3 is 1. The molecule has 0 saturated heterocycles. The maximum absolute atomic E-state index is 11.5. The molecule has 0 aliphatic carbocycles. The van der Waals surface area contributed by atoms with Crippen LogP contribution >= 0.6 is 11.6 Å². The minimum atomic E-state index is -3.43. The average Bonchev–Trinajstić information content (AvgIpc) is 2.29. The van der Waals surface area contributed by atoms with Crippen LogP contribution in [0.15, 0.2) is 24.3 Å². The predicted octanol–water partition coefficient (Wildman–Crippen LogP) is 1.34. The van der Waals surface area contributed by atoms with Gasteiger partial charge in [0.1, 0.15) is 5.75 Å². The molecule has 0 aliphatic rings. The number of rotatable bonds is 6. The zero-order chi connectivity index (χ0) is 13.6. The van der Waals surface area contributed by atoms with Gasteiger partial charge in [-0.3, -0.25) is 4.79 Å². The molecule has 0 fully saturated rings. The van der Waals surface area contributed by atoms with Crippen LogP contribution in [0, 0.1) is 0 Å². The Balaban J connectivity index is 2.54. The van der Waals surface area contributed by atoms with Crippen LogP contribution in [0.5, 0.6) is 0 Å². The molecular formula is C11H14ClNO4S. The van der Waals surface area contributed by atoms with Crippen molar-refractivity contribution < 1.29 is 17.9 Å². The molecular weight excluding hydrogens is 278 g/mol. The maximum atomic E-state index is 11.5. The maximum Gasteiger partial charge on any atom is 0.239 e. The van der Waals surface area contributed by atoms with Crippen molar-refractivity contribution in [1.29, 1.82) is 0 Å². The van der Waals surface area contributed by atoms with Crippen molar-refractivity contribution in [1.82, 2.24) is 0 Å². The van der Waals surface area contributed by atoms with Crippen molar-refractivity contribution in [2.24, 2.45) is 0 Å². The second kappa shape index (κ2) is 6.72. The number of anilines is 1. The number of hydrogen-bond acceptors (Lipinski definition) is 4. The van der Waals surface area contributed by atoms with E-state index in [0.29, 0.717) is 10.7 Å². The van der Waals surface area contributed by atoms with E-state index < -0.39 is 21.5 Å². The standard InChI is InChI=1S/C11H14ClNO4S/c1-17-6-7-18(15,16)8-11(14)13-10-4-2-9(12)3-5-10/h2-5H,6-8H2,1H3,(H,13,14). The van der Waals surface area contributed by atoms with Crippen LogP contribution in [-0.2, 0) is 19.4 Å². The van der Waals surface area contributed by atoms with E-state index in [1.54, 1.807) is 24.3 Å². The summed E-state index contributed by atoms with van der Waals surface area (Å²) in [5.41, 5.74) is 0.506. The molecule has 0 atom stereocenters. The number of halogens is 1. The van der Waals surface area contributed by atoms with Gasteiger partial charge in [0.25, 0.3) is 0 Å². The van der Waals surface area contributed by atoms with Gasteiger partial charge < -0.3 is 10.1 Å². The highest BCUT2D eigenvalue weighted by Crippen LogP contribution is 2.13. The monoisotopic (exact) mass is 291 g/mol. The van der Waals surface area contributed by atoms with E-state index in [1.165, 1.54) is 7.11 Å². The summed E-state index contributed by atoms with van der Waals surface area (Å²) >= 11 is 5.69. The van der Waals surface area contributed by atoms with Crippen molar-refractivity contribution >= 4 is 33.0 Å². The number of hydrogen-bond donors (Lipinski definition) is 1. The lowest BCUT2D eigenvalue weighted by Gasteiger charge is -2.06. The summed E-state index contributed by atoms with van der Waals surface area (Å²) in [5, 5.41) is 3.03. The van der Waals surface area contributed by atoms with E-state index in [9.17, 15) is 13.2 Å². The van der Waals surface area contributed by atoms with Crippen LogP contribution in [0.4, 0.5) is 5.69 Å². The normalized spacial score (nSPS) is 11.2. The third-order valence-electron chi connectivity index (χ3n) is 2.08. The zero-order valence-corrected chi connectivity index (χ0v) is 11.4. The fourth-order valence-electron chi connectivity index (χ4n) is 1.21. The molecule has 1 aromatic carbocycles. The highest BCUT2D eigenvalue weighted by atomic mass is 35.5. The number of benzene rings is 1. The van der Waals surface area contributed by atoms with Gasteiger partial charge in [0.15, 0.2) is 9.84 Å². The second-order valence-corrected chi connectivity index (χ2v) is 6.26. The van der Waals surface area contributed by atoms with Gasteiger partial charge in [-0.2, -0.15) is 0 Å². The highest BCUT2D eigenvalue weighted by Gasteiger charge is 2.16. The Morgan fingerprint density at radius 3 is 2.50 bits per heavy atom. The summed E-state index contributed by atoms with van der Waals surface area (Å²) in [5.74, 6) is -1.30. The summed E-state index contributed by atoms with van der Waals surface area (Å²) < 4.78 is 27.6. The quantitative estimate of drug-likeness (QED) is 0.858. The molecule has 0 spiro atoms. The SMILES string of the molecule is COCCS(=O)(=O)CC(=O)Nc1ccc(Cl)cc1. The molecule has 0 heterocycles. The molecule has 18 heavy (non-hydrogen) atoms. The Labute approximate surface area is 111 Å². The lowest BCUT2D eigenvalue weighted by atomic mass is 10.3. The molecule has 1 N–H and O–H groups in total. The van der Waals surface area contributed by atoms with Crippen LogP contribution in [0.1, 0.15) is 0 Å². The van der Waals surface area contributed by atoms with Gasteiger partial charge in [0, 0.05) is 17.8 Å². The summed E-state index contributed by atoms with van der Waals surface area (Å²) in [7, 11) is -2.03. The fourth-order valence-corrected chi connectivity index (χ4v) is 2.38. The summed E-state index contributed by atoms with van der Waals surface area (Å²) in [6.45, 7) is 0.0799. The van der Waals surface area contributed by atoms with Crippen molar-refractivity contribution in [2.75, 3.05) is 30.5 Å². The molecule has 0 unspecified atom stereocenters. The molecule has 100 valence electrons. The van der Waals surface area contributed by atoms with E-state index in [-0.39, 0.29) is 12.4 Å². The van der Waals surface area contributed by atoms with Gasteiger partial charge in [-0.05, 0) is 24.3 Å². The lowest BCUT2D eigenvalue weighted by Crippen LogP contribution is -2.26. The number of ether oxygens (including phenoxy) is 1. The van der Waals surface area contributed by atoms with E-state index in [1.807, 2.05) is 0 Å². The van der Waals surface area contributed by atoms with Gasteiger partial charge in [0.05, 0.1) is 12.4 Å². The molecule has 0 bridgehead atoms. The van der Waals surface area contributed by atoms with Gasteiger partial charge in [0.2, 0.25) is 5.91 Å². The number of amides is 1. The molecule has 0 saturated carbocycles. The highest BCUT2D eigenvalue weighted by molar-refractivity contribution is 7.92. The molecule has 1 aromatic rings. The van der Waals surface area contributed by atoms with Gasteiger partial charge in [-0.1, -0.05) is 11.6 Å². The van der Waals surface area contributed by atoms with Crippen LogP contribution in [0.3, 0.4) is 0 Å². The minimum absolute atomic E-state index is 0.0799. The zero-order valence-electron chi connectivity index (χ0n) is 9.85. The van der Waals surface area contributed by atoms with Crippen LogP contribution < -0.4 is 5.32 Å². The van der Waals surface area contributed by atoms with E-state index in [2.05, 4.69) is 10.1 Å². The van der Waals surface area contributed by atoms with Crippen molar-refractivity contribution in [3.05, 3.63) is 29.3 Å². The summed E-state index contributed by atoms with van der Waals surface area (Å²) in [6.07, 6.45) is 0. The average molecular weight is 292 g/mol. The molecule has 1 rings (SSSR count). The molecule has 0 radical (unpaired) electrons. The predicted molar refractivity (Wildman–Crippen MR) is 70.6 cm³/mol. The Morgan fingerprint density at radius 2 is 1.94 bits per heavy atom. The van der Waals surface area contributed by atoms with E-state index in [4.69, 9.17) is 11.6 Å². The summed E-state index contributed by atoms with van der Waals surface area (Å²) in [6, 6.07) is 6.41. The largest absolute Gasteiger partial charge is 0.384 e. The Hall–Kier alpha value is -1.11. The van der Waals surface area contributed by atoms with E-state index >= 15 is 0 Å². The molecule has 1 amide bonds. The van der Waals surface area contributed by atoms with Gasteiger partial charge in [-0.25, -0.2) is 8.42 Å². The summed E-state index contributed by atoms with van der Waals surface area (Å²) in [4.78, 5) is 11.5. The number of carbonyl (C=O) groups excluding carboxylic acids is 1. The molecule has 7 heteroatoms. The van der Waals surface area contributed by atoms with Crippen LogP contribution in [0.25, 0.3) is 0 Å².